The molecule has 0 radical (unpaired) electrons. The van der Waals surface area contributed by atoms with Crippen molar-refractivity contribution in [1.82, 2.24) is 0 Å². The third-order valence-corrected chi connectivity index (χ3v) is 12.1. The molecule has 1 aromatic rings. The predicted octanol–water partition coefficient (Wildman–Crippen LogP) is 6.81. The van der Waals surface area contributed by atoms with Crippen molar-refractivity contribution in [2.45, 2.75) is 88.9 Å². The molecule has 0 saturated heterocycles. The van der Waals surface area contributed by atoms with Crippen molar-refractivity contribution < 1.29 is 9.90 Å². The number of benzene rings is 1. The lowest BCUT2D eigenvalue weighted by molar-refractivity contribution is -0.0560. The summed E-state index contributed by atoms with van der Waals surface area (Å²) in [4.78, 5) is 13.0. The Labute approximate surface area is 187 Å². The van der Waals surface area contributed by atoms with Crippen molar-refractivity contribution in [3.8, 4) is 0 Å². The largest absolute Gasteiger partial charge is 0.478 e. The van der Waals surface area contributed by atoms with Gasteiger partial charge in [-0.05, 0) is 134 Å². The van der Waals surface area contributed by atoms with Crippen molar-refractivity contribution in [3.63, 3.8) is 0 Å². The van der Waals surface area contributed by atoms with Gasteiger partial charge in [-0.1, -0.05) is 32.0 Å². The fraction of sp³-hybridized carbons (Fsp3) is 0.759. The van der Waals surface area contributed by atoms with Crippen LogP contribution in [0, 0.1) is 47.3 Å². The molecule has 0 atom stereocenters. The van der Waals surface area contributed by atoms with Crippen LogP contribution in [-0.2, 0) is 10.8 Å². The summed E-state index contributed by atoms with van der Waals surface area (Å²) in [6.45, 7) is 4.93. The summed E-state index contributed by atoms with van der Waals surface area (Å²) in [6, 6.07) is 6.70. The maximum absolute atomic E-state index is 13.0. The molecule has 8 saturated carbocycles. The van der Waals surface area contributed by atoms with Gasteiger partial charge in [-0.15, -0.1) is 0 Å². The SMILES string of the molecule is CC1(c2cccc(C3(C)C4CC5CC(C4)CC3C5)c2C(=O)O)C2CC3CC(C2)CC1C3. The van der Waals surface area contributed by atoms with Gasteiger partial charge in [-0.2, -0.15) is 0 Å². The molecule has 8 bridgehead atoms. The van der Waals surface area contributed by atoms with E-state index >= 15 is 0 Å². The summed E-state index contributed by atoms with van der Waals surface area (Å²) >= 11 is 0. The number of rotatable bonds is 3. The summed E-state index contributed by atoms with van der Waals surface area (Å²) in [5.74, 6) is 5.72. The van der Waals surface area contributed by atoms with E-state index in [9.17, 15) is 9.90 Å². The molecule has 2 nitrogen and oxygen atoms in total. The molecular formula is C29H38O2. The summed E-state index contributed by atoms with van der Waals surface area (Å²) in [6.07, 6.45) is 13.5. The Morgan fingerprint density at radius 1 is 0.677 bits per heavy atom. The molecule has 1 aromatic carbocycles. The lowest BCUT2D eigenvalue weighted by Gasteiger charge is -2.62. The van der Waals surface area contributed by atoms with Crippen LogP contribution in [0.3, 0.4) is 0 Å². The predicted molar refractivity (Wildman–Crippen MR) is 122 cm³/mol. The Kier molecular flexibility index (Phi) is 3.82. The quantitative estimate of drug-likeness (QED) is 0.585. The van der Waals surface area contributed by atoms with Gasteiger partial charge in [0.15, 0.2) is 0 Å². The molecule has 0 unspecified atom stereocenters. The second-order valence-corrected chi connectivity index (χ2v) is 13.2. The second-order valence-electron chi connectivity index (χ2n) is 13.2. The van der Waals surface area contributed by atoms with Gasteiger partial charge in [-0.25, -0.2) is 4.79 Å². The first-order valence-corrected chi connectivity index (χ1v) is 13.2. The number of carbonyl (C=O) groups is 1. The minimum absolute atomic E-state index is 0.0550. The summed E-state index contributed by atoms with van der Waals surface area (Å²) < 4.78 is 0. The molecule has 0 heterocycles. The standard InChI is InChI=1S/C29H38O2/c1-28(20-8-16-6-17(10-20)11-21(28)9-16)24-4-3-5-25(26(24)27(30)31)29(2)22-12-18-7-19(14-22)15-23(29)13-18/h3-5,16-23H,6-15H2,1-2H3,(H,30,31). The van der Waals surface area contributed by atoms with Crippen LogP contribution in [0.15, 0.2) is 18.2 Å². The van der Waals surface area contributed by atoms with Gasteiger partial charge in [0.2, 0.25) is 0 Å². The van der Waals surface area contributed by atoms with Crippen LogP contribution in [0.5, 0.6) is 0 Å². The fourth-order valence-electron chi connectivity index (χ4n) is 10.9. The first-order valence-electron chi connectivity index (χ1n) is 13.2. The molecule has 1 N–H and O–H groups in total. The lowest BCUT2D eigenvalue weighted by Crippen LogP contribution is -2.56. The molecule has 0 spiro atoms. The highest BCUT2D eigenvalue weighted by molar-refractivity contribution is 5.92. The van der Waals surface area contributed by atoms with Gasteiger partial charge >= 0.3 is 5.97 Å². The molecule has 2 heteroatoms. The molecule has 166 valence electrons. The normalized spacial score (nSPS) is 51.4. The Balaban J connectivity index is 1.38. The van der Waals surface area contributed by atoms with E-state index in [1.165, 1.54) is 75.3 Å². The van der Waals surface area contributed by atoms with Gasteiger partial charge in [0, 0.05) is 0 Å². The maximum atomic E-state index is 13.0. The van der Waals surface area contributed by atoms with E-state index in [1.807, 2.05) is 0 Å². The van der Waals surface area contributed by atoms with Crippen LogP contribution in [-0.4, -0.2) is 11.1 Å². The van der Waals surface area contributed by atoms with E-state index in [2.05, 4.69) is 32.0 Å². The minimum atomic E-state index is -0.657. The van der Waals surface area contributed by atoms with Crippen LogP contribution >= 0.6 is 0 Å². The van der Waals surface area contributed by atoms with E-state index < -0.39 is 5.97 Å². The second kappa shape index (κ2) is 6.17. The molecule has 8 aliphatic rings. The van der Waals surface area contributed by atoms with E-state index in [0.717, 1.165) is 29.2 Å². The molecule has 0 aliphatic heterocycles. The van der Waals surface area contributed by atoms with Crippen molar-refractivity contribution in [1.29, 1.82) is 0 Å². The summed E-state index contributed by atoms with van der Waals surface area (Å²) in [5, 5.41) is 10.7. The molecule has 8 fully saturated rings. The van der Waals surface area contributed by atoms with Crippen LogP contribution in [0.4, 0.5) is 0 Å². The lowest BCUT2D eigenvalue weighted by atomic mass is 9.42. The zero-order valence-electron chi connectivity index (χ0n) is 19.3. The van der Waals surface area contributed by atoms with Gasteiger partial charge in [0.05, 0.1) is 5.56 Å². The van der Waals surface area contributed by atoms with Crippen molar-refractivity contribution in [2.75, 3.05) is 0 Å². The van der Waals surface area contributed by atoms with Gasteiger partial charge in [0.25, 0.3) is 0 Å². The average molecular weight is 419 g/mol. The smallest absolute Gasteiger partial charge is 0.336 e. The van der Waals surface area contributed by atoms with E-state index in [1.54, 1.807) is 0 Å². The first kappa shape index (κ1) is 19.2. The molecule has 8 aliphatic carbocycles. The third kappa shape index (κ3) is 2.38. The average Bonchev–Trinajstić information content (AvgIpc) is 2.74. The fourth-order valence-corrected chi connectivity index (χ4v) is 10.9. The Hall–Kier alpha value is -1.31. The van der Waals surface area contributed by atoms with Crippen LogP contribution < -0.4 is 0 Å². The highest BCUT2D eigenvalue weighted by atomic mass is 16.4. The first-order chi connectivity index (χ1) is 14.9. The zero-order chi connectivity index (χ0) is 21.1. The van der Waals surface area contributed by atoms with E-state index in [-0.39, 0.29) is 10.8 Å². The topological polar surface area (TPSA) is 37.3 Å². The van der Waals surface area contributed by atoms with Crippen LogP contribution in [0.2, 0.25) is 0 Å². The zero-order valence-corrected chi connectivity index (χ0v) is 19.3. The van der Waals surface area contributed by atoms with Crippen molar-refractivity contribution in [2.24, 2.45) is 47.3 Å². The number of carboxylic acid groups (broad SMARTS) is 1. The number of hydrogen-bond acceptors (Lipinski definition) is 1. The number of hydrogen-bond donors (Lipinski definition) is 1. The Morgan fingerprint density at radius 3 is 1.29 bits per heavy atom. The third-order valence-electron chi connectivity index (χ3n) is 12.1. The molecular weight excluding hydrogens is 380 g/mol. The van der Waals surface area contributed by atoms with Crippen molar-refractivity contribution >= 4 is 5.97 Å². The van der Waals surface area contributed by atoms with Crippen molar-refractivity contribution in [3.05, 3.63) is 34.9 Å². The number of carboxylic acids is 1. The summed E-state index contributed by atoms with van der Waals surface area (Å²) in [7, 11) is 0. The Bertz CT molecular complexity index is 820. The van der Waals surface area contributed by atoms with E-state index in [0.29, 0.717) is 23.7 Å². The molecule has 0 aromatic heterocycles. The summed E-state index contributed by atoms with van der Waals surface area (Å²) in [5.41, 5.74) is 3.26. The molecule has 0 amide bonds. The Morgan fingerprint density at radius 2 is 1.00 bits per heavy atom. The number of aromatic carboxylic acids is 1. The van der Waals surface area contributed by atoms with E-state index in [4.69, 9.17) is 0 Å². The monoisotopic (exact) mass is 418 g/mol. The highest BCUT2D eigenvalue weighted by Crippen LogP contribution is 2.66. The van der Waals surface area contributed by atoms with Gasteiger partial charge in [-0.3, -0.25) is 0 Å². The maximum Gasteiger partial charge on any atom is 0.336 e. The van der Waals surface area contributed by atoms with Gasteiger partial charge in [0.1, 0.15) is 0 Å². The van der Waals surface area contributed by atoms with Crippen LogP contribution in [0.25, 0.3) is 0 Å². The van der Waals surface area contributed by atoms with Gasteiger partial charge < -0.3 is 5.11 Å². The van der Waals surface area contributed by atoms with Crippen LogP contribution in [0.1, 0.15) is 99.5 Å². The molecule has 31 heavy (non-hydrogen) atoms. The minimum Gasteiger partial charge on any atom is -0.478 e. The molecule has 9 rings (SSSR count). The highest BCUT2D eigenvalue weighted by Gasteiger charge is 2.59.